The normalized spacial score (nSPS) is 15.8. The minimum atomic E-state index is -0.0680. The molecule has 0 unspecified atom stereocenters. The van der Waals surface area contributed by atoms with Crippen LogP contribution < -0.4 is 5.32 Å². The number of hydrogen-bond acceptors (Lipinski definition) is 4. The van der Waals surface area contributed by atoms with E-state index in [2.05, 4.69) is 5.32 Å². The fourth-order valence-corrected chi connectivity index (χ4v) is 3.44. The molecule has 0 radical (unpaired) electrons. The number of nitrogens with one attached hydrogen (secondary N) is 1. The molecule has 0 aliphatic carbocycles. The Morgan fingerprint density at radius 3 is 2.75 bits per heavy atom. The quantitative estimate of drug-likeness (QED) is 0.801. The molecule has 0 saturated carbocycles. The van der Waals surface area contributed by atoms with Crippen LogP contribution in [-0.4, -0.2) is 54.5 Å². The van der Waals surface area contributed by atoms with E-state index in [1.165, 1.54) is 11.8 Å². The fraction of sp³-hybridized carbons (Fsp3) is 0.529. The molecule has 1 aromatic carbocycles. The first-order valence-corrected chi connectivity index (χ1v) is 9.61. The van der Waals surface area contributed by atoms with Crippen molar-refractivity contribution in [3.8, 4) is 0 Å². The van der Waals surface area contributed by atoms with E-state index in [-0.39, 0.29) is 23.6 Å². The predicted octanol–water partition coefficient (Wildman–Crippen LogP) is 2.50. The lowest BCUT2D eigenvalue weighted by Crippen LogP contribution is -2.41. The van der Waals surface area contributed by atoms with E-state index in [0.717, 1.165) is 12.0 Å². The lowest BCUT2D eigenvalue weighted by molar-refractivity contribution is -0.132. The Labute approximate surface area is 152 Å². The van der Waals surface area contributed by atoms with Gasteiger partial charge in [-0.2, -0.15) is 0 Å². The Hall–Kier alpha value is -1.24. The zero-order chi connectivity index (χ0) is 17.4. The molecule has 24 heavy (non-hydrogen) atoms. The van der Waals surface area contributed by atoms with Crippen LogP contribution in [0.4, 0.5) is 0 Å². The smallest absolute Gasteiger partial charge is 0.232 e. The van der Waals surface area contributed by atoms with E-state index in [1.807, 2.05) is 31.2 Å². The molecule has 1 heterocycles. The summed E-state index contributed by atoms with van der Waals surface area (Å²) in [6, 6.07) is 7.45. The first kappa shape index (κ1) is 19.1. The standard InChI is InChI=1S/C17H23ClN2O3S/c1-2-15(13-4-3-5-14(18)10-13)19-16(21)11-24-12-17(22)20-6-8-23-9-7-20/h3-5,10,15H,2,6-9,11-12H2,1H3,(H,19,21)/t15-/m1/s1. The molecule has 0 spiro atoms. The van der Waals surface area contributed by atoms with Crippen molar-refractivity contribution < 1.29 is 14.3 Å². The second kappa shape index (κ2) is 9.91. The van der Waals surface area contributed by atoms with Gasteiger partial charge in [-0.05, 0) is 24.1 Å². The van der Waals surface area contributed by atoms with Gasteiger partial charge in [0.05, 0.1) is 30.8 Å². The van der Waals surface area contributed by atoms with E-state index in [0.29, 0.717) is 37.1 Å². The maximum atomic E-state index is 12.1. The highest BCUT2D eigenvalue weighted by Crippen LogP contribution is 2.20. The molecule has 1 N–H and O–H groups in total. The van der Waals surface area contributed by atoms with Crippen LogP contribution in [0.25, 0.3) is 0 Å². The number of amides is 2. The van der Waals surface area contributed by atoms with E-state index in [9.17, 15) is 9.59 Å². The molecule has 0 aromatic heterocycles. The van der Waals surface area contributed by atoms with E-state index in [4.69, 9.17) is 16.3 Å². The zero-order valence-corrected chi connectivity index (χ0v) is 15.4. The first-order valence-electron chi connectivity index (χ1n) is 8.08. The minimum Gasteiger partial charge on any atom is -0.378 e. The Morgan fingerprint density at radius 1 is 1.33 bits per heavy atom. The summed E-state index contributed by atoms with van der Waals surface area (Å²) in [5.41, 5.74) is 0.993. The highest BCUT2D eigenvalue weighted by molar-refractivity contribution is 8.00. The summed E-state index contributed by atoms with van der Waals surface area (Å²) in [7, 11) is 0. The van der Waals surface area contributed by atoms with Gasteiger partial charge in [-0.1, -0.05) is 30.7 Å². The van der Waals surface area contributed by atoms with Crippen molar-refractivity contribution >= 4 is 35.2 Å². The van der Waals surface area contributed by atoms with E-state index < -0.39 is 0 Å². The Morgan fingerprint density at radius 2 is 2.08 bits per heavy atom. The summed E-state index contributed by atoms with van der Waals surface area (Å²) in [5.74, 6) is 0.591. The van der Waals surface area contributed by atoms with Crippen molar-refractivity contribution in [1.29, 1.82) is 0 Å². The lowest BCUT2D eigenvalue weighted by atomic mass is 10.0. The SMILES string of the molecule is CC[C@@H](NC(=O)CSCC(=O)N1CCOCC1)c1cccc(Cl)c1. The Kier molecular flexibility index (Phi) is 7.88. The van der Waals surface area contributed by atoms with Crippen LogP contribution in [-0.2, 0) is 14.3 Å². The first-order chi connectivity index (χ1) is 11.6. The van der Waals surface area contributed by atoms with Crippen LogP contribution >= 0.6 is 23.4 Å². The largest absolute Gasteiger partial charge is 0.378 e. The molecular weight excluding hydrogens is 348 g/mol. The molecule has 1 fully saturated rings. The number of halogens is 1. The van der Waals surface area contributed by atoms with Gasteiger partial charge in [0.2, 0.25) is 11.8 Å². The van der Waals surface area contributed by atoms with Crippen molar-refractivity contribution in [2.45, 2.75) is 19.4 Å². The number of benzene rings is 1. The fourth-order valence-electron chi connectivity index (χ4n) is 2.52. The lowest BCUT2D eigenvalue weighted by Gasteiger charge is -2.26. The maximum Gasteiger partial charge on any atom is 0.232 e. The van der Waals surface area contributed by atoms with Crippen molar-refractivity contribution in [2.24, 2.45) is 0 Å². The van der Waals surface area contributed by atoms with Crippen molar-refractivity contribution in [1.82, 2.24) is 10.2 Å². The second-order valence-corrected chi connectivity index (χ2v) is 6.99. The molecule has 1 atom stereocenters. The van der Waals surface area contributed by atoms with Gasteiger partial charge in [0.25, 0.3) is 0 Å². The van der Waals surface area contributed by atoms with Gasteiger partial charge >= 0.3 is 0 Å². The van der Waals surface area contributed by atoms with Gasteiger partial charge in [0.1, 0.15) is 0 Å². The number of morpholine rings is 1. The van der Waals surface area contributed by atoms with Gasteiger partial charge in [0, 0.05) is 18.1 Å². The number of thioether (sulfide) groups is 1. The molecule has 1 aliphatic rings. The minimum absolute atomic E-state index is 0.0632. The topological polar surface area (TPSA) is 58.6 Å². The molecule has 1 saturated heterocycles. The maximum absolute atomic E-state index is 12.1. The number of carbonyl (C=O) groups is 2. The van der Waals surface area contributed by atoms with Gasteiger partial charge < -0.3 is 15.0 Å². The van der Waals surface area contributed by atoms with Gasteiger partial charge in [-0.25, -0.2) is 0 Å². The Bertz CT molecular complexity index is 565. The number of nitrogens with zero attached hydrogens (tertiary/aromatic N) is 1. The summed E-state index contributed by atoms with van der Waals surface area (Å²) in [6.07, 6.45) is 0.781. The van der Waals surface area contributed by atoms with Crippen LogP contribution in [0, 0.1) is 0 Å². The Balaban J connectivity index is 1.74. The molecule has 132 valence electrons. The van der Waals surface area contributed by atoms with Crippen molar-refractivity contribution in [2.75, 3.05) is 37.8 Å². The summed E-state index contributed by atoms with van der Waals surface area (Å²) in [6.45, 7) is 4.47. The van der Waals surface area contributed by atoms with E-state index in [1.54, 1.807) is 4.90 Å². The average Bonchev–Trinajstić information content (AvgIpc) is 2.60. The van der Waals surface area contributed by atoms with Crippen LogP contribution in [0.15, 0.2) is 24.3 Å². The van der Waals surface area contributed by atoms with Crippen molar-refractivity contribution in [3.63, 3.8) is 0 Å². The molecule has 1 aliphatic heterocycles. The summed E-state index contributed by atoms with van der Waals surface area (Å²) in [5, 5.41) is 3.66. The third-order valence-electron chi connectivity index (χ3n) is 3.82. The highest BCUT2D eigenvalue weighted by Gasteiger charge is 2.18. The highest BCUT2D eigenvalue weighted by atomic mass is 35.5. The van der Waals surface area contributed by atoms with Crippen LogP contribution in [0.3, 0.4) is 0 Å². The van der Waals surface area contributed by atoms with E-state index >= 15 is 0 Å². The van der Waals surface area contributed by atoms with Gasteiger partial charge in [-0.15, -0.1) is 11.8 Å². The third kappa shape index (κ3) is 6.00. The third-order valence-corrected chi connectivity index (χ3v) is 4.97. The predicted molar refractivity (Wildman–Crippen MR) is 97.4 cm³/mol. The molecule has 2 rings (SSSR count). The van der Waals surface area contributed by atoms with Crippen molar-refractivity contribution in [3.05, 3.63) is 34.9 Å². The molecule has 2 amide bonds. The molecule has 0 bridgehead atoms. The summed E-state index contributed by atoms with van der Waals surface area (Å²) in [4.78, 5) is 25.9. The summed E-state index contributed by atoms with van der Waals surface area (Å²) < 4.78 is 5.22. The number of rotatable bonds is 7. The molecule has 7 heteroatoms. The molecule has 1 aromatic rings. The van der Waals surface area contributed by atoms with Crippen LogP contribution in [0.5, 0.6) is 0 Å². The van der Waals surface area contributed by atoms with Gasteiger partial charge in [0.15, 0.2) is 0 Å². The van der Waals surface area contributed by atoms with Crippen LogP contribution in [0.1, 0.15) is 24.9 Å². The number of ether oxygens (including phenoxy) is 1. The molecular formula is C17H23ClN2O3S. The van der Waals surface area contributed by atoms with Crippen LogP contribution in [0.2, 0.25) is 5.02 Å². The zero-order valence-electron chi connectivity index (χ0n) is 13.8. The second-order valence-electron chi connectivity index (χ2n) is 5.57. The average molecular weight is 371 g/mol. The number of carbonyl (C=O) groups excluding carboxylic acids is 2. The molecule has 5 nitrogen and oxygen atoms in total. The van der Waals surface area contributed by atoms with Gasteiger partial charge in [-0.3, -0.25) is 9.59 Å². The summed E-state index contributed by atoms with van der Waals surface area (Å²) >= 11 is 7.35. The number of hydrogen-bond donors (Lipinski definition) is 1. The monoisotopic (exact) mass is 370 g/mol.